The molecule has 0 aliphatic heterocycles. The van der Waals surface area contributed by atoms with Crippen LogP contribution in [0.3, 0.4) is 0 Å². The number of nitrogens with two attached hydrogens (primary N) is 1. The van der Waals surface area contributed by atoms with Crippen LogP contribution in [0.1, 0.15) is 0 Å². The Morgan fingerprint density at radius 2 is 1.81 bits per heavy atom. The molecule has 2 aromatic carbocycles. The summed E-state index contributed by atoms with van der Waals surface area (Å²) in [4.78, 5) is 0. The van der Waals surface area contributed by atoms with Gasteiger partial charge in [-0.15, -0.1) is 0 Å². The SMILES string of the molecule is Nc1cc(Cl)ccc1Oc1ccccc1Br. The van der Waals surface area contributed by atoms with Crippen LogP contribution in [0.5, 0.6) is 11.5 Å². The predicted octanol–water partition coefficient (Wildman–Crippen LogP) is 4.48. The monoisotopic (exact) mass is 297 g/mol. The molecular formula is C12H9BrClNO. The fourth-order valence-corrected chi connectivity index (χ4v) is 1.80. The van der Waals surface area contributed by atoms with Gasteiger partial charge in [0.2, 0.25) is 0 Å². The summed E-state index contributed by atoms with van der Waals surface area (Å²) in [6.07, 6.45) is 0. The zero-order chi connectivity index (χ0) is 11.5. The number of anilines is 1. The summed E-state index contributed by atoms with van der Waals surface area (Å²) in [5, 5.41) is 0.594. The van der Waals surface area contributed by atoms with Crippen molar-refractivity contribution in [2.24, 2.45) is 0 Å². The Labute approximate surface area is 107 Å². The first-order valence-corrected chi connectivity index (χ1v) is 5.81. The van der Waals surface area contributed by atoms with Crippen molar-refractivity contribution in [3.8, 4) is 11.5 Å². The van der Waals surface area contributed by atoms with E-state index in [1.807, 2.05) is 24.3 Å². The summed E-state index contributed by atoms with van der Waals surface area (Å²) in [5.41, 5.74) is 6.31. The van der Waals surface area contributed by atoms with Gasteiger partial charge >= 0.3 is 0 Å². The van der Waals surface area contributed by atoms with Crippen molar-refractivity contribution in [3.05, 3.63) is 52.0 Å². The molecule has 0 heterocycles. The quantitative estimate of drug-likeness (QED) is 0.830. The van der Waals surface area contributed by atoms with Crippen molar-refractivity contribution in [2.45, 2.75) is 0 Å². The normalized spacial score (nSPS) is 10.1. The van der Waals surface area contributed by atoms with Crippen molar-refractivity contribution in [2.75, 3.05) is 5.73 Å². The Hall–Kier alpha value is -1.19. The Morgan fingerprint density at radius 3 is 2.50 bits per heavy atom. The van der Waals surface area contributed by atoms with E-state index in [2.05, 4.69) is 15.9 Å². The van der Waals surface area contributed by atoms with Gasteiger partial charge in [-0.05, 0) is 46.3 Å². The molecule has 2 nitrogen and oxygen atoms in total. The molecule has 0 aliphatic rings. The Balaban J connectivity index is 2.31. The fourth-order valence-electron chi connectivity index (χ4n) is 1.26. The smallest absolute Gasteiger partial charge is 0.150 e. The molecule has 0 amide bonds. The van der Waals surface area contributed by atoms with Crippen LogP contribution in [0, 0.1) is 0 Å². The summed E-state index contributed by atoms with van der Waals surface area (Å²) in [5.74, 6) is 1.31. The molecule has 0 aromatic heterocycles. The number of rotatable bonds is 2. The van der Waals surface area contributed by atoms with Crippen LogP contribution in [-0.2, 0) is 0 Å². The largest absolute Gasteiger partial charge is 0.454 e. The van der Waals surface area contributed by atoms with Gasteiger partial charge in [-0.3, -0.25) is 0 Å². The van der Waals surface area contributed by atoms with Gasteiger partial charge in [0, 0.05) is 5.02 Å². The molecule has 2 aromatic rings. The first-order valence-electron chi connectivity index (χ1n) is 4.64. The van der Waals surface area contributed by atoms with Gasteiger partial charge in [0.15, 0.2) is 0 Å². The topological polar surface area (TPSA) is 35.2 Å². The molecule has 0 unspecified atom stereocenters. The number of halogens is 2. The van der Waals surface area contributed by atoms with Crippen LogP contribution in [0.15, 0.2) is 46.9 Å². The standard InChI is InChI=1S/C12H9BrClNO/c13-9-3-1-2-4-11(9)16-12-6-5-8(14)7-10(12)15/h1-7H,15H2. The number of ether oxygens (including phenoxy) is 1. The van der Waals surface area contributed by atoms with Gasteiger partial charge in [-0.1, -0.05) is 23.7 Å². The van der Waals surface area contributed by atoms with E-state index in [4.69, 9.17) is 22.1 Å². The molecule has 0 fully saturated rings. The highest BCUT2D eigenvalue weighted by Crippen LogP contribution is 2.33. The summed E-state index contributed by atoms with van der Waals surface area (Å²) in [7, 11) is 0. The number of hydrogen-bond donors (Lipinski definition) is 1. The fraction of sp³-hybridized carbons (Fsp3) is 0. The van der Waals surface area contributed by atoms with Crippen LogP contribution in [-0.4, -0.2) is 0 Å². The molecule has 2 rings (SSSR count). The van der Waals surface area contributed by atoms with E-state index in [1.54, 1.807) is 18.2 Å². The summed E-state index contributed by atoms with van der Waals surface area (Å²) in [6.45, 7) is 0. The van der Waals surface area contributed by atoms with Crippen LogP contribution in [0.4, 0.5) is 5.69 Å². The van der Waals surface area contributed by atoms with Crippen LogP contribution < -0.4 is 10.5 Å². The molecule has 0 atom stereocenters. The van der Waals surface area contributed by atoms with E-state index >= 15 is 0 Å². The zero-order valence-electron chi connectivity index (χ0n) is 8.28. The van der Waals surface area contributed by atoms with Crippen molar-refractivity contribution >= 4 is 33.2 Å². The third-order valence-electron chi connectivity index (χ3n) is 2.03. The highest BCUT2D eigenvalue weighted by atomic mass is 79.9. The number of para-hydroxylation sites is 1. The maximum Gasteiger partial charge on any atom is 0.150 e. The highest BCUT2D eigenvalue weighted by Gasteiger charge is 2.05. The van der Waals surface area contributed by atoms with Gasteiger partial charge in [0.25, 0.3) is 0 Å². The third kappa shape index (κ3) is 2.49. The molecule has 4 heteroatoms. The van der Waals surface area contributed by atoms with Gasteiger partial charge in [0.05, 0.1) is 10.2 Å². The van der Waals surface area contributed by atoms with Gasteiger partial charge in [-0.2, -0.15) is 0 Å². The lowest BCUT2D eigenvalue weighted by atomic mass is 10.3. The van der Waals surface area contributed by atoms with E-state index < -0.39 is 0 Å². The second-order valence-electron chi connectivity index (χ2n) is 3.21. The zero-order valence-corrected chi connectivity index (χ0v) is 10.6. The maximum atomic E-state index is 5.81. The van der Waals surface area contributed by atoms with E-state index in [9.17, 15) is 0 Å². The minimum atomic E-state index is 0.517. The molecule has 0 bridgehead atoms. The second-order valence-corrected chi connectivity index (χ2v) is 4.51. The van der Waals surface area contributed by atoms with Crippen LogP contribution in [0.2, 0.25) is 5.02 Å². The minimum Gasteiger partial charge on any atom is -0.454 e. The molecule has 0 saturated carbocycles. The second kappa shape index (κ2) is 4.76. The van der Waals surface area contributed by atoms with Crippen LogP contribution >= 0.6 is 27.5 Å². The van der Waals surface area contributed by atoms with Crippen molar-refractivity contribution in [1.82, 2.24) is 0 Å². The lowest BCUT2D eigenvalue weighted by Crippen LogP contribution is -1.92. The van der Waals surface area contributed by atoms with E-state index in [1.165, 1.54) is 0 Å². The third-order valence-corrected chi connectivity index (χ3v) is 2.92. The van der Waals surface area contributed by atoms with Crippen molar-refractivity contribution in [1.29, 1.82) is 0 Å². The van der Waals surface area contributed by atoms with E-state index in [0.717, 1.165) is 10.2 Å². The average molecular weight is 299 g/mol. The predicted molar refractivity (Wildman–Crippen MR) is 70.1 cm³/mol. The summed E-state index contributed by atoms with van der Waals surface area (Å²) in [6, 6.07) is 12.7. The number of hydrogen-bond acceptors (Lipinski definition) is 2. The summed E-state index contributed by atoms with van der Waals surface area (Å²) < 4.78 is 6.54. The molecule has 0 aliphatic carbocycles. The highest BCUT2D eigenvalue weighted by molar-refractivity contribution is 9.10. The van der Waals surface area contributed by atoms with Crippen molar-refractivity contribution in [3.63, 3.8) is 0 Å². The molecule has 0 saturated heterocycles. The lowest BCUT2D eigenvalue weighted by molar-refractivity contribution is 0.482. The lowest BCUT2D eigenvalue weighted by Gasteiger charge is -2.09. The molecule has 16 heavy (non-hydrogen) atoms. The molecule has 82 valence electrons. The Morgan fingerprint density at radius 1 is 1.06 bits per heavy atom. The van der Waals surface area contributed by atoms with Gasteiger partial charge in [-0.25, -0.2) is 0 Å². The molecule has 0 spiro atoms. The Kier molecular flexibility index (Phi) is 3.36. The first-order chi connectivity index (χ1) is 7.66. The minimum absolute atomic E-state index is 0.517. The van der Waals surface area contributed by atoms with Gasteiger partial charge in [0.1, 0.15) is 11.5 Å². The molecular weight excluding hydrogens is 289 g/mol. The molecule has 2 N–H and O–H groups in total. The number of benzene rings is 2. The first kappa shape index (κ1) is 11.3. The van der Waals surface area contributed by atoms with Crippen molar-refractivity contribution < 1.29 is 4.74 Å². The molecule has 0 radical (unpaired) electrons. The Bertz CT molecular complexity index is 516. The number of nitrogen functional groups attached to an aromatic ring is 1. The van der Waals surface area contributed by atoms with Crippen LogP contribution in [0.25, 0.3) is 0 Å². The van der Waals surface area contributed by atoms with Gasteiger partial charge < -0.3 is 10.5 Å². The maximum absolute atomic E-state index is 5.81. The van der Waals surface area contributed by atoms with E-state index in [-0.39, 0.29) is 0 Å². The summed E-state index contributed by atoms with van der Waals surface area (Å²) >= 11 is 9.21. The van der Waals surface area contributed by atoms with E-state index in [0.29, 0.717) is 16.5 Å². The average Bonchev–Trinajstić information content (AvgIpc) is 2.25.